The minimum absolute atomic E-state index is 0.0848. The highest BCUT2D eigenvalue weighted by atomic mass is 16.1. The van der Waals surface area contributed by atoms with Crippen molar-refractivity contribution in [3.05, 3.63) is 35.7 Å². The first-order valence-electron chi connectivity index (χ1n) is 5.58. The number of hydrogen-bond acceptors (Lipinski definition) is 3. The molecule has 2 rings (SSSR count). The number of nitrogens with zero attached hydrogens (tertiary/aromatic N) is 2. The Morgan fingerprint density at radius 1 is 1.67 bits per heavy atom. The average Bonchev–Trinajstić information content (AvgIpc) is 2.79. The quantitative estimate of drug-likeness (QED) is 0.631. The van der Waals surface area contributed by atoms with E-state index in [0.29, 0.717) is 6.54 Å². The molecule has 2 aromatic heterocycles. The summed E-state index contributed by atoms with van der Waals surface area (Å²) in [6.07, 6.45) is 4.97. The molecule has 0 aliphatic carbocycles. The van der Waals surface area contributed by atoms with E-state index in [1.165, 1.54) is 0 Å². The molecular weight excluding hydrogens is 228 g/mol. The van der Waals surface area contributed by atoms with E-state index in [9.17, 15) is 4.79 Å². The Morgan fingerprint density at radius 3 is 3.22 bits per heavy atom. The number of carbonyl (C=O) groups excluding carboxylic acids is 1. The van der Waals surface area contributed by atoms with Crippen LogP contribution in [0.3, 0.4) is 0 Å². The topological polar surface area (TPSA) is 81.6 Å². The van der Waals surface area contributed by atoms with E-state index in [1.54, 1.807) is 18.5 Å². The molecule has 2 N–H and O–H groups in total. The summed E-state index contributed by atoms with van der Waals surface area (Å²) in [5.74, 6) is -0.363. The van der Waals surface area contributed by atoms with Gasteiger partial charge in [0.15, 0.2) is 0 Å². The van der Waals surface area contributed by atoms with Crippen molar-refractivity contribution in [2.75, 3.05) is 6.54 Å². The van der Waals surface area contributed by atoms with Crippen LogP contribution >= 0.6 is 0 Å². The molecule has 2 aromatic rings. The lowest BCUT2D eigenvalue weighted by atomic mass is 10.1. The van der Waals surface area contributed by atoms with Gasteiger partial charge in [-0.2, -0.15) is 5.26 Å². The number of carbonyl (C=O) groups is 1. The molecule has 0 spiro atoms. The predicted octanol–water partition coefficient (Wildman–Crippen LogP) is 1.61. The van der Waals surface area contributed by atoms with Crippen LogP contribution < -0.4 is 5.32 Å². The van der Waals surface area contributed by atoms with Crippen molar-refractivity contribution in [1.29, 1.82) is 5.26 Å². The highest BCUT2D eigenvalue weighted by molar-refractivity contribution is 6.03. The third-order valence-electron chi connectivity index (χ3n) is 2.49. The molecule has 5 heteroatoms. The predicted molar refractivity (Wildman–Crippen MR) is 68.4 cm³/mol. The smallest absolute Gasteiger partial charge is 0.261 e. The summed E-state index contributed by atoms with van der Waals surface area (Å²) >= 11 is 0. The molecule has 0 aliphatic heterocycles. The maximum Gasteiger partial charge on any atom is 0.261 e. The maximum atomic E-state index is 11.6. The zero-order valence-corrected chi connectivity index (χ0v) is 9.90. The monoisotopic (exact) mass is 240 g/mol. The summed E-state index contributed by atoms with van der Waals surface area (Å²) in [5.41, 5.74) is 1.60. The first-order chi connectivity index (χ1) is 8.76. The van der Waals surface area contributed by atoms with Gasteiger partial charge < -0.3 is 10.3 Å². The van der Waals surface area contributed by atoms with Crippen LogP contribution in [0.15, 0.2) is 30.1 Å². The van der Waals surface area contributed by atoms with E-state index in [0.717, 1.165) is 16.6 Å². The lowest BCUT2D eigenvalue weighted by molar-refractivity contribution is -0.116. The van der Waals surface area contributed by atoms with Crippen molar-refractivity contribution in [1.82, 2.24) is 15.3 Å². The highest BCUT2D eigenvalue weighted by Gasteiger charge is 2.09. The van der Waals surface area contributed by atoms with Crippen LogP contribution in [-0.2, 0) is 4.79 Å². The van der Waals surface area contributed by atoms with E-state index in [1.807, 2.05) is 25.1 Å². The van der Waals surface area contributed by atoms with E-state index in [2.05, 4.69) is 15.3 Å². The Hall–Kier alpha value is -2.61. The number of aromatic nitrogens is 2. The van der Waals surface area contributed by atoms with Gasteiger partial charge in [-0.05, 0) is 25.1 Å². The fraction of sp³-hybridized carbons (Fsp3) is 0.154. The first kappa shape index (κ1) is 11.9. The Labute approximate surface area is 104 Å². The van der Waals surface area contributed by atoms with Crippen molar-refractivity contribution in [3.63, 3.8) is 0 Å². The van der Waals surface area contributed by atoms with Gasteiger partial charge in [0.1, 0.15) is 17.3 Å². The molecule has 90 valence electrons. The minimum atomic E-state index is -0.363. The molecule has 2 heterocycles. The van der Waals surface area contributed by atoms with Gasteiger partial charge >= 0.3 is 0 Å². The lowest BCUT2D eigenvalue weighted by Crippen LogP contribution is -2.23. The van der Waals surface area contributed by atoms with Gasteiger partial charge in [0.25, 0.3) is 5.91 Å². The molecule has 0 fully saturated rings. The van der Waals surface area contributed by atoms with Crippen LogP contribution in [0.2, 0.25) is 0 Å². The zero-order valence-electron chi connectivity index (χ0n) is 9.90. The summed E-state index contributed by atoms with van der Waals surface area (Å²) in [5, 5.41) is 12.5. The number of amides is 1. The molecular formula is C13H12N4O. The van der Waals surface area contributed by atoms with Gasteiger partial charge in [-0.3, -0.25) is 4.79 Å². The molecule has 0 saturated heterocycles. The fourth-order valence-electron chi connectivity index (χ4n) is 1.66. The molecule has 0 atom stereocenters. The number of aromatic amines is 1. The molecule has 0 radical (unpaired) electrons. The minimum Gasteiger partial charge on any atom is -0.352 e. The Morgan fingerprint density at radius 2 is 2.50 bits per heavy atom. The molecule has 0 aromatic carbocycles. The summed E-state index contributed by atoms with van der Waals surface area (Å²) in [6.45, 7) is 2.30. The summed E-state index contributed by atoms with van der Waals surface area (Å²) in [6, 6.07) is 5.60. The van der Waals surface area contributed by atoms with E-state index in [4.69, 9.17) is 5.26 Å². The van der Waals surface area contributed by atoms with E-state index >= 15 is 0 Å². The van der Waals surface area contributed by atoms with Gasteiger partial charge in [-0.15, -0.1) is 0 Å². The Bertz CT molecular complexity index is 648. The van der Waals surface area contributed by atoms with Gasteiger partial charge in [-0.1, -0.05) is 0 Å². The largest absolute Gasteiger partial charge is 0.352 e. The standard InChI is InChI=1S/C13H12N4O/c1-2-15-13(18)9(7-14)6-10-8-17-12-11(10)4-3-5-16-12/h3-6,8H,2H2,1H3,(H,15,18)(H,16,17)/b9-6+. The Balaban J connectivity index is 2.42. The second-order valence-corrected chi connectivity index (χ2v) is 3.67. The SMILES string of the molecule is CCNC(=O)/C(C#N)=C/c1c[nH]c2ncccc12. The number of H-pyrrole nitrogens is 1. The second kappa shape index (κ2) is 5.15. The molecule has 0 saturated carbocycles. The van der Waals surface area contributed by atoms with E-state index < -0.39 is 0 Å². The fourth-order valence-corrected chi connectivity index (χ4v) is 1.66. The number of nitriles is 1. The van der Waals surface area contributed by atoms with Gasteiger partial charge in [-0.25, -0.2) is 4.98 Å². The van der Waals surface area contributed by atoms with Gasteiger partial charge in [0.05, 0.1) is 0 Å². The number of nitrogens with one attached hydrogen (secondary N) is 2. The first-order valence-corrected chi connectivity index (χ1v) is 5.58. The highest BCUT2D eigenvalue weighted by Crippen LogP contribution is 2.18. The number of rotatable bonds is 3. The normalized spacial score (nSPS) is 11.2. The van der Waals surface area contributed by atoms with Crippen molar-refractivity contribution in [2.45, 2.75) is 6.92 Å². The van der Waals surface area contributed by atoms with Crippen LogP contribution in [0, 0.1) is 11.3 Å². The van der Waals surface area contributed by atoms with Gasteiger partial charge in [0.2, 0.25) is 0 Å². The summed E-state index contributed by atoms with van der Waals surface area (Å²) < 4.78 is 0. The second-order valence-electron chi connectivity index (χ2n) is 3.67. The molecule has 1 amide bonds. The summed E-state index contributed by atoms with van der Waals surface area (Å²) in [4.78, 5) is 18.7. The average molecular weight is 240 g/mol. The van der Waals surface area contributed by atoms with Crippen LogP contribution in [0.4, 0.5) is 0 Å². The molecule has 18 heavy (non-hydrogen) atoms. The van der Waals surface area contributed by atoms with Gasteiger partial charge in [0, 0.05) is 29.9 Å². The number of hydrogen-bond donors (Lipinski definition) is 2. The van der Waals surface area contributed by atoms with Crippen molar-refractivity contribution in [3.8, 4) is 6.07 Å². The third-order valence-corrected chi connectivity index (χ3v) is 2.49. The van der Waals surface area contributed by atoms with Crippen LogP contribution in [-0.4, -0.2) is 22.4 Å². The van der Waals surface area contributed by atoms with Crippen molar-refractivity contribution in [2.24, 2.45) is 0 Å². The maximum absolute atomic E-state index is 11.6. The number of fused-ring (bicyclic) bond motifs is 1. The molecule has 5 nitrogen and oxygen atoms in total. The molecule has 0 unspecified atom stereocenters. The molecule has 0 aliphatic rings. The van der Waals surface area contributed by atoms with Crippen LogP contribution in [0.1, 0.15) is 12.5 Å². The van der Waals surface area contributed by atoms with E-state index in [-0.39, 0.29) is 11.5 Å². The Kier molecular flexibility index (Phi) is 3.39. The number of pyridine rings is 1. The molecule has 0 bridgehead atoms. The summed E-state index contributed by atoms with van der Waals surface area (Å²) in [7, 11) is 0. The van der Waals surface area contributed by atoms with Crippen LogP contribution in [0.5, 0.6) is 0 Å². The third kappa shape index (κ3) is 2.23. The van der Waals surface area contributed by atoms with Crippen molar-refractivity contribution >= 4 is 23.0 Å². The van der Waals surface area contributed by atoms with Crippen LogP contribution in [0.25, 0.3) is 17.1 Å². The number of likely N-dealkylation sites (N-methyl/N-ethyl adjacent to an activating group) is 1. The zero-order chi connectivity index (χ0) is 13.0. The van der Waals surface area contributed by atoms with Crippen molar-refractivity contribution < 1.29 is 4.79 Å². The lowest BCUT2D eigenvalue weighted by Gasteiger charge is -1.99.